The fourth-order valence-electron chi connectivity index (χ4n) is 2.02. The Hall–Kier alpha value is -2.28. The minimum Gasteiger partial charge on any atom is -0.480 e. The van der Waals surface area contributed by atoms with Crippen LogP contribution < -0.4 is 5.32 Å². The monoisotopic (exact) mass is 334 g/mol. The fraction of sp³-hybridized carbons (Fsp3) is 0.312. The predicted octanol–water partition coefficient (Wildman–Crippen LogP) is 2.79. The summed E-state index contributed by atoms with van der Waals surface area (Å²) < 4.78 is 5.07. The van der Waals surface area contributed by atoms with E-state index >= 15 is 0 Å². The van der Waals surface area contributed by atoms with Crippen molar-refractivity contribution in [3.05, 3.63) is 46.8 Å². The lowest BCUT2D eigenvalue weighted by atomic mass is 10.2. The average Bonchev–Trinajstić information content (AvgIpc) is 2.84. The Balaban J connectivity index is 2.12. The van der Waals surface area contributed by atoms with E-state index in [1.165, 1.54) is 0 Å². The van der Waals surface area contributed by atoms with Crippen molar-refractivity contribution < 1.29 is 19.2 Å². The van der Waals surface area contributed by atoms with Gasteiger partial charge in [0.2, 0.25) is 0 Å². The summed E-state index contributed by atoms with van der Waals surface area (Å²) in [5.41, 5.74) is 2.05. The number of amides is 1. The first-order valence-electron chi connectivity index (χ1n) is 7.08. The Bertz CT molecular complexity index is 707. The Morgan fingerprint density at radius 1 is 1.35 bits per heavy atom. The molecule has 0 spiro atoms. The van der Waals surface area contributed by atoms with E-state index in [-0.39, 0.29) is 5.91 Å². The minimum absolute atomic E-state index is 0.259. The van der Waals surface area contributed by atoms with Crippen molar-refractivity contribution in [3.8, 4) is 0 Å². The molecule has 0 saturated heterocycles. The van der Waals surface area contributed by atoms with E-state index in [1.807, 2.05) is 6.92 Å². The van der Waals surface area contributed by atoms with Gasteiger partial charge in [0, 0.05) is 17.0 Å². The van der Waals surface area contributed by atoms with Gasteiger partial charge in [-0.2, -0.15) is 0 Å². The molecule has 1 unspecified atom stereocenters. The molecule has 1 aromatic carbocycles. The van der Waals surface area contributed by atoms with Crippen LogP contribution in [0.15, 0.2) is 33.7 Å². The van der Waals surface area contributed by atoms with Crippen LogP contribution in [0.5, 0.6) is 0 Å². The van der Waals surface area contributed by atoms with Crippen molar-refractivity contribution in [3.63, 3.8) is 0 Å². The van der Waals surface area contributed by atoms with Crippen molar-refractivity contribution in [1.82, 2.24) is 10.5 Å². The van der Waals surface area contributed by atoms with E-state index in [4.69, 9.17) is 9.63 Å². The van der Waals surface area contributed by atoms with Gasteiger partial charge in [-0.1, -0.05) is 17.3 Å². The average molecular weight is 334 g/mol. The summed E-state index contributed by atoms with van der Waals surface area (Å²) in [6.45, 7) is 5.51. The molecule has 0 bridgehead atoms. The zero-order valence-electron chi connectivity index (χ0n) is 13.1. The first-order valence-corrected chi connectivity index (χ1v) is 7.96. The van der Waals surface area contributed by atoms with Crippen molar-refractivity contribution in [2.24, 2.45) is 0 Å². The standard InChI is InChI=1S/C16H18N2O4S/c1-9-13(10(2)22-18-9)8-17-15(19)12-6-4-5-7-14(12)23-11(3)16(20)21/h4-7,11H,8H2,1-3H3,(H,17,19)(H,20,21). The Kier molecular flexibility index (Phi) is 5.44. The quantitative estimate of drug-likeness (QED) is 0.789. The number of nitrogens with zero attached hydrogens (tertiary/aromatic N) is 1. The number of aromatic nitrogens is 1. The fourth-order valence-corrected chi connectivity index (χ4v) is 2.94. The van der Waals surface area contributed by atoms with Gasteiger partial charge in [0.15, 0.2) is 0 Å². The number of aliphatic carboxylic acids is 1. The first kappa shape index (κ1) is 17.1. The molecule has 122 valence electrons. The third-order valence-corrected chi connectivity index (χ3v) is 4.56. The van der Waals surface area contributed by atoms with Gasteiger partial charge in [-0.3, -0.25) is 9.59 Å². The van der Waals surface area contributed by atoms with Crippen LogP contribution in [-0.4, -0.2) is 27.4 Å². The van der Waals surface area contributed by atoms with Gasteiger partial charge in [-0.05, 0) is 32.9 Å². The molecule has 0 aliphatic rings. The summed E-state index contributed by atoms with van der Waals surface area (Å²) in [5, 5.41) is 15.1. The minimum atomic E-state index is -0.916. The van der Waals surface area contributed by atoms with Gasteiger partial charge in [0.25, 0.3) is 5.91 Å². The second kappa shape index (κ2) is 7.32. The van der Waals surface area contributed by atoms with Crippen LogP contribution in [0.1, 0.15) is 34.3 Å². The molecule has 2 N–H and O–H groups in total. The highest BCUT2D eigenvalue weighted by atomic mass is 32.2. The van der Waals surface area contributed by atoms with Crippen LogP contribution in [0.4, 0.5) is 0 Å². The lowest BCUT2D eigenvalue weighted by molar-refractivity contribution is -0.136. The lowest BCUT2D eigenvalue weighted by Gasteiger charge is -2.11. The molecule has 1 heterocycles. The van der Waals surface area contributed by atoms with E-state index in [9.17, 15) is 9.59 Å². The second-order valence-corrected chi connectivity index (χ2v) is 6.46. The van der Waals surface area contributed by atoms with Crippen LogP contribution in [0, 0.1) is 13.8 Å². The smallest absolute Gasteiger partial charge is 0.316 e. The summed E-state index contributed by atoms with van der Waals surface area (Å²) >= 11 is 1.15. The number of carbonyl (C=O) groups excluding carboxylic acids is 1. The van der Waals surface area contributed by atoms with Crippen LogP contribution >= 0.6 is 11.8 Å². The zero-order valence-corrected chi connectivity index (χ0v) is 13.9. The largest absolute Gasteiger partial charge is 0.480 e. The van der Waals surface area contributed by atoms with Crippen LogP contribution in [0.3, 0.4) is 0 Å². The number of carboxylic acids is 1. The number of aryl methyl sites for hydroxylation is 2. The van der Waals surface area contributed by atoms with Gasteiger partial charge in [0.05, 0.1) is 11.3 Å². The molecule has 1 aromatic heterocycles. The maximum Gasteiger partial charge on any atom is 0.316 e. The summed E-state index contributed by atoms with van der Waals surface area (Å²) in [7, 11) is 0. The third kappa shape index (κ3) is 4.13. The van der Waals surface area contributed by atoms with Crippen LogP contribution in [0.25, 0.3) is 0 Å². The van der Waals surface area contributed by atoms with Gasteiger partial charge >= 0.3 is 5.97 Å². The van der Waals surface area contributed by atoms with Crippen molar-refractivity contribution >= 4 is 23.6 Å². The molecule has 2 aromatic rings. The SMILES string of the molecule is Cc1noc(C)c1CNC(=O)c1ccccc1SC(C)C(=O)O. The molecule has 0 fully saturated rings. The maximum absolute atomic E-state index is 12.4. The van der Waals surface area contributed by atoms with Gasteiger partial charge in [-0.15, -0.1) is 11.8 Å². The summed E-state index contributed by atoms with van der Waals surface area (Å²) in [5.74, 6) is -0.503. The number of carboxylic acid groups (broad SMARTS) is 1. The molecule has 0 aliphatic heterocycles. The van der Waals surface area contributed by atoms with Gasteiger partial charge in [-0.25, -0.2) is 0 Å². The molecule has 7 heteroatoms. The van der Waals surface area contributed by atoms with Crippen LogP contribution in [-0.2, 0) is 11.3 Å². The zero-order chi connectivity index (χ0) is 17.0. The van der Waals surface area contributed by atoms with Crippen molar-refractivity contribution in [1.29, 1.82) is 0 Å². The topological polar surface area (TPSA) is 92.4 Å². The van der Waals surface area contributed by atoms with Gasteiger partial charge < -0.3 is 14.9 Å². The molecule has 0 saturated carbocycles. The molecule has 1 amide bonds. The highest BCUT2D eigenvalue weighted by Gasteiger charge is 2.18. The van der Waals surface area contributed by atoms with Gasteiger partial charge in [0.1, 0.15) is 11.0 Å². The molecule has 23 heavy (non-hydrogen) atoms. The molecule has 2 rings (SSSR count). The number of carbonyl (C=O) groups is 2. The predicted molar refractivity (Wildman–Crippen MR) is 86.5 cm³/mol. The highest BCUT2D eigenvalue weighted by Crippen LogP contribution is 2.27. The van der Waals surface area contributed by atoms with E-state index in [0.717, 1.165) is 23.0 Å². The molecule has 6 nitrogen and oxygen atoms in total. The number of rotatable bonds is 6. The number of hydrogen-bond donors (Lipinski definition) is 2. The maximum atomic E-state index is 12.4. The van der Waals surface area contributed by atoms with Crippen molar-refractivity contribution in [2.75, 3.05) is 0 Å². The Morgan fingerprint density at radius 3 is 2.65 bits per heavy atom. The Morgan fingerprint density at radius 2 is 2.04 bits per heavy atom. The second-order valence-electron chi connectivity index (χ2n) is 5.08. The third-order valence-electron chi connectivity index (χ3n) is 3.39. The summed E-state index contributed by atoms with van der Waals surface area (Å²) in [6.07, 6.45) is 0. The first-order chi connectivity index (χ1) is 10.9. The normalized spacial score (nSPS) is 12.0. The lowest BCUT2D eigenvalue weighted by Crippen LogP contribution is -2.24. The van der Waals surface area contributed by atoms with E-state index in [1.54, 1.807) is 38.1 Å². The molecule has 1 atom stereocenters. The Labute approximate surface area is 138 Å². The summed E-state index contributed by atoms with van der Waals surface area (Å²) in [6, 6.07) is 6.96. The summed E-state index contributed by atoms with van der Waals surface area (Å²) in [4.78, 5) is 24.1. The highest BCUT2D eigenvalue weighted by molar-refractivity contribution is 8.00. The number of nitrogens with one attached hydrogen (secondary N) is 1. The molecule has 0 radical (unpaired) electrons. The number of benzene rings is 1. The number of hydrogen-bond acceptors (Lipinski definition) is 5. The van der Waals surface area contributed by atoms with Crippen molar-refractivity contribution in [2.45, 2.75) is 37.5 Å². The van der Waals surface area contributed by atoms with Crippen LogP contribution in [0.2, 0.25) is 0 Å². The van der Waals surface area contributed by atoms with E-state index in [2.05, 4.69) is 10.5 Å². The molecule has 0 aliphatic carbocycles. The molecular weight excluding hydrogens is 316 g/mol. The number of thioether (sulfide) groups is 1. The van der Waals surface area contributed by atoms with E-state index < -0.39 is 11.2 Å². The molecular formula is C16H18N2O4S. The van der Waals surface area contributed by atoms with E-state index in [0.29, 0.717) is 22.8 Å².